The molecule has 20 heavy (non-hydrogen) atoms. The van der Waals surface area contributed by atoms with Gasteiger partial charge < -0.3 is 10.4 Å². The summed E-state index contributed by atoms with van der Waals surface area (Å²) < 4.78 is 13.1. The third-order valence-corrected chi connectivity index (χ3v) is 4.16. The van der Waals surface area contributed by atoms with Gasteiger partial charge in [0.25, 0.3) is 0 Å². The van der Waals surface area contributed by atoms with E-state index in [4.69, 9.17) is 0 Å². The first-order valence-corrected chi connectivity index (χ1v) is 7.58. The number of piperidine rings is 1. The number of aromatic hydroxyl groups is 1. The lowest BCUT2D eigenvalue weighted by Gasteiger charge is -2.39. The Bertz CT molecular complexity index is 432. The number of hydrogen-bond donors (Lipinski definition) is 2. The van der Waals surface area contributed by atoms with E-state index in [2.05, 4.69) is 24.1 Å². The van der Waals surface area contributed by atoms with Crippen LogP contribution in [-0.2, 0) is 0 Å². The second-order valence-corrected chi connectivity index (χ2v) is 5.62. The molecule has 0 radical (unpaired) electrons. The molecule has 0 amide bonds. The molecular formula is C16H25FN2O. The second kappa shape index (κ2) is 7.04. The lowest BCUT2D eigenvalue weighted by molar-refractivity contribution is 0.119. The van der Waals surface area contributed by atoms with Crippen LogP contribution < -0.4 is 5.32 Å². The number of rotatable bonds is 5. The zero-order valence-corrected chi connectivity index (χ0v) is 12.4. The van der Waals surface area contributed by atoms with Crippen LogP contribution in [0.5, 0.6) is 5.75 Å². The number of phenols is 1. The van der Waals surface area contributed by atoms with Gasteiger partial charge in [-0.1, -0.05) is 13.0 Å². The number of phenolic OH excluding ortho intramolecular Hbond substituents is 1. The van der Waals surface area contributed by atoms with Crippen molar-refractivity contribution < 1.29 is 9.50 Å². The Labute approximate surface area is 120 Å². The zero-order chi connectivity index (χ0) is 14.5. The third kappa shape index (κ3) is 3.49. The lowest BCUT2D eigenvalue weighted by Crippen LogP contribution is -2.47. The van der Waals surface area contributed by atoms with Crippen LogP contribution in [0.3, 0.4) is 0 Å². The topological polar surface area (TPSA) is 35.5 Å². The fourth-order valence-electron chi connectivity index (χ4n) is 3.12. The summed E-state index contributed by atoms with van der Waals surface area (Å²) in [6.07, 6.45) is 3.44. The summed E-state index contributed by atoms with van der Waals surface area (Å²) in [6.45, 7) is 7.33. The number of nitrogens with one attached hydrogen (secondary N) is 1. The standard InChI is InChI=1S/C16H25FN2O/c1-3-9-19(14-5-4-8-18-11-14)12(2)15-7-6-13(17)10-16(15)20/h6-7,10,12,14,18,20H,3-5,8-9,11H2,1-2H3. The summed E-state index contributed by atoms with van der Waals surface area (Å²) >= 11 is 0. The fraction of sp³-hybridized carbons (Fsp3) is 0.625. The van der Waals surface area contributed by atoms with Gasteiger partial charge in [0.05, 0.1) is 0 Å². The summed E-state index contributed by atoms with van der Waals surface area (Å²) in [5.41, 5.74) is 0.811. The van der Waals surface area contributed by atoms with Gasteiger partial charge in [-0.25, -0.2) is 4.39 Å². The van der Waals surface area contributed by atoms with E-state index in [9.17, 15) is 9.50 Å². The van der Waals surface area contributed by atoms with E-state index in [0.717, 1.165) is 31.6 Å². The van der Waals surface area contributed by atoms with Crippen LogP contribution in [0.2, 0.25) is 0 Å². The van der Waals surface area contributed by atoms with E-state index in [1.165, 1.54) is 25.0 Å². The molecule has 0 saturated carbocycles. The van der Waals surface area contributed by atoms with E-state index in [1.54, 1.807) is 6.07 Å². The normalized spacial score (nSPS) is 21.1. The Hall–Kier alpha value is -1.13. The lowest BCUT2D eigenvalue weighted by atomic mass is 9.99. The minimum absolute atomic E-state index is 0.0578. The van der Waals surface area contributed by atoms with Crippen LogP contribution in [0, 0.1) is 5.82 Å². The average Bonchev–Trinajstić information content (AvgIpc) is 2.45. The molecule has 112 valence electrons. The maximum absolute atomic E-state index is 13.1. The van der Waals surface area contributed by atoms with Crippen LogP contribution >= 0.6 is 0 Å². The average molecular weight is 280 g/mol. The monoisotopic (exact) mass is 280 g/mol. The van der Waals surface area contributed by atoms with Crippen LogP contribution in [0.15, 0.2) is 18.2 Å². The van der Waals surface area contributed by atoms with E-state index in [0.29, 0.717) is 6.04 Å². The molecule has 1 saturated heterocycles. The first kappa shape index (κ1) is 15.3. The largest absolute Gasteiger partial charge is 0.508 e. The first-order valence-electron chi connectivity index (χ1n) is 7.58. The fourth-order valence-corrected chi connectivity index (χ4v) is 3.12. The summed E-state index contributed by atoms with van der Waals surface area (Å²) in [5, 5.41) is 13.4. The van der Waals surface area contributed by atoms with Gasteiger partial charge in [-0.3, -0.25) is 4.90 Å². The molecule has 0 aliphatic carbocycles. The van der Waals surface area contributed by atoms with Crippen molar-refractivity contribution in [1.82, 2.24) is 10.2 Å². The Morgan fingerprint density at radius 3 is 2.90 bits per heavy atom. The van der Waals surface area contributed by atoms with Crippen molar-refractivity contribution in [2.24, 2.45) is 0 Å². The number of hydrogen-bond acceptors (Lipinski definition) is 3. The van der Waals surface area contributed by atoms with Gasteiger partial charge in [0, 0.05) is 30.3 Å². The van der Waals surface area contributed by atoms with E-state index < -0.39 is 0 Å². The predicted octanol–water partition coefficient (Wildman–Crippen LogP) is 3.06. The number of benzene rings is 1. The van der Waals surface area contributed by atoms with Gasteiger partial charge >= 0.3 is 0 Å². The molecule has 2 unspecified atom stereocenters. The van der Waals surface area contributed by atoms with Crippen molar-refractivity contribution in [3.8, 4) is 5.75 Å². The molecule has 3 nitrogen and oxygen atoms in total. The summed E-state index contributed by atoms with van der Waals surface area (Å²) in [4.78, 5) is 2.43. The van der Waals surface area contributed by atoms with Crippen LogP contribution in [-0.4, -0.2) is 35.7 Å². The Kier molecular flexibility index (Phi) is 5.38. The smallest absolute Gasteiger partial charge is 0.126 e. The first-order chi connectivity index (χ1) is 9.63. The van der Waals surface area contributed by atoms with Crippen LogP contribution in [0.1, 0.15) is 44.7 Å². The van der Waals surface area contributed by atoms with Gasteiger partial charge in [0.15, 0.2) is 0 Å². The molecule has 0 bridgehead atoms. The highest BCUT2D eigenvalue weighted by molar-refractivity contribution is 5.35. The van der Waals surface area contributed by atoms with E-state index >= 15 is 0 Å². The summed E-state index contributed by atoms with van der Waals surface area (Å²) in [7, 11) is 0. The molecule has 4 heteroatoms. The molecule has 2 atom stereocenters. The minimum Gasteiger partial charge on any atom is -0.508 e. The van der Waals surface area contributed by atoms with Gasteiger partial charge in [0.1, 0.15) is 11.6 Å². The number of halogens is 1. The molecule has 1 aliphatic rings. The molecule has 2 N–H and O–H groups in total. The van der Waals surface area contributed by atoms with Gasteiger partial charge in [-0.2, -0.15) is 0 Å². The third-order valence-electron chi connectivity index (χ3n) is 4.16. The van der Waals surface area contributed by atoms with Crippen molar-refractivity contribution in [2.45, 2.75) is 45.2 Å². The molecular weight excluding hydrogens is 255 g/mol. The molecule has 2 rings (SSSR count). The van der Waals surface area contributed by atoms with E-state index in [1.807, 2.05) is 0 Å². The summed E-state index contributed by atoms with van der Waals surface area (Å²) in [5.74, 6) is -0.331. The van der Waals surface area contributed by atoms with Crippen molar-refractivity contribution in [1.29, 1.82) is 0 Å². The Morgan fingerprint density at radius 1 is 1.50 bits per heavy atom. The maximum Gasteiger partial charge on any atom is 0.126 e. The van der Waals surface area contributed by atoms with Crippen molar-refractivity contribution in [3.05, 3.63) is 29.6 Å². The van der Waals surface area contributed by atoms with Crippen molar-refractivity contribution in [3.63, 3.8) is 0 Å². The molecule has 1 fully saturated rings. The van der Waals surface area contributed by atoms with Crippen LogP contribution in [0.4, 0.5) is 4.39 Å². The SMILES string of the molecule is CCCN(C1CCCNC1)C(C)c1ccc(F)cc1O. The van der Waals surface area contributed by atoms with E-state index in [-0.39, 0.29) is 17.6 Å². The highest BCUT2D eigenvalue weighted by atomic mass is 19.1. The predicted molar refractivity (Wildman–Crippen MR) is 79.4 cm³/mol. The van der Waals surface area contributed by atoms with Crippen molar-refractivity contribution in [2.75, 3.05) is 19.6 Å². The van der Waals surface area contributed by atoms with Gasteiger partial charge in [-0.15, -0.1) is 0 Å². The highest BCUT2D eigenvalue weighted by Crippen LogP contribution is 2.31. The Morgan fingerprint density at radius 2 is 2.30 bits per heavy atom. The maximum atomic E-state index is 13.1. The molecule has 0 aromatic heterocycles. The molecule has 1 aromatic carbocycles. The summed E-state index contributed by atoms with van der Waals surface area (Å²) in [6, 6.07) is 4.92. The number of nitrogens with zero attached hydrogens (tertiary/aromatic N) is 1. The molecule has 1 aromatic rings. The highest BCUT2D eigenvalue weighted by Gasteiger charge is 2.26. The molecule has 1 heterocycles. The van der Waals surface area contributed by atoms with Gasteiger partial charge in [-0.05, 0) is 45.3 Å². The minimum atomic E-state index is -0.389. The molecule has 1 aliphatic heterocycles. The van der Waals surface area contributed by atoms with Crippen LogP contribution in [0.25, 0.3) is 0 Å². The Balaban J connectivity index is 2.18. The molecule has 0 spiro atoms. The second-order valence-electron chi connectivity index (χ2n) is 5.62. The quantitative estimate of drug-likeness (QED) is 0.870. The zero-order valence-electron chi connectivity index (χ0n) is 12.4. The van der Waals surface area contributed by atoms with Gasteiger partial charge in [0.2, 0.25) is 0 Å². The van der Waals surface area contributed by atoms with Crippen molar-refractivity contribution >= 4 is 0 Å².